The van der Waals surface area contributed by atoms with Gasteiger partial charge >= 0.3 is 0 Å². The maximum absolute atomic E-state index is 11.6. The van der Waals surface area contributed by atoms with Crippen LogP contribution < -0.4 is 14.2 Å². The van der Waals surface area contributed by atoms with Crippen LogP contribution in [0.1, 0.15) is 83.4 Å². The summed E-state index contributed by atoms with van der Waals surface area (Å²) in [4.78, 5) is 34.8. The lowest BCUT2D eigenvalue weighted by molar-refractivity contribution is -0.110. The number of rotatable bonds is 15. The van der Waals surface area contributed by atoms with Gasteiger partial charge in [0, 0.05) is 26.7 Å². The molecule has 0 saturated heterocycles. The van der Waals surface area contributed by atoms with Gasteiger partial charge in [-0.25, -0.2) is 0 Å². The molecule has 0 aliphatic heterocycles. The molecule has 0 N–H and O–H groups in total. The van der Waals surface area contributed by atoms with Gasteiger partial charge in [-0.1, -0.05) is 57.2 Å². The molecule has 0 spiro atoms. The first-order valence-corrected chi connectivity index (χ1v) is 17.1. The summed E-state index contributed by atoms with van der Waals surface area (Å²) in [5.74, 6) is 2.03. The summed E-state index contributed by atoms with van der Waals surface area (Å²) in [6, 6.07) is 23.9. The SMILES string of the molecule is CCC(Oc1ccc(C(c2ccc(OC(CC)SC(C)=O)cc2)c2ccc(OC(CC)SC(C)=O)cc2)cc1)SC(C)=O. The van der Waals surface area contributed by atoms with Crippen molar-refractivity contribution in [3.05, 3.63) is 89.5 Å². The summed E-state index contributed by atoms with van der Waals surface area (Å²) in [7, 11) is 0. The van der Waals surface area contributed by atoms with E-state index in [4.69, 9.17) is 14.2 Å². The molecule has 0 heterocycles. The molecule has 0 radical (unpaired) electrons. The minimum Gasteiger partial charge on any atom is -0.479 e. The van der Waals surface area contributed by atoms with E-state index in [1.54, 1.807) is 20.8 Å². The molecule has 0 bridgehead atoms. The van der Waals surface area contributed by atoms with Gasteiger partial charge in [0.15, 0.2) is 31.7 Å². The third-order valence-corrected chi connectivity index (χ3v) is 9.41. The van der Waals surface area contributed by atoms with Gasteiger partial charge in [0.2, 0.25) is 0 Å². The van der Waals surface area contributed by atoms with E-state index < -0.39 is 0 Å². The molecular weight excluding hydrogens is 601 g/mol. The van der Waals surface area contributed by atoms with E-state index >= 15 is 0 Å². The zero-order valence-electron chi connectivity index (χ0n) is 25.5. The molecule has 0 fully saturated rings. The first kappa shape index (κ1) is 34.6. The molecule has 0 amide bonds. The number of hydrogen-bond donors (Lipinski definition) is 0. The quantitative estimate of drug-likeness (QED) is 0.119. The van der Waals surface area contributed by atoms with Crippen molar-refractivity contribution in [2.75, 3.05) is 0 Å². The Hall–Kier alpha value is -2.88. The normalized spacial score (nSPS) is 13.8. The Labute approximate surface area is 268 Å². The Kier molecular flexibility index (Phi) is 14.0. The summed E-state index contributed by atoms with van der Waals surface area (Å²) in [5, 5.41) is 0.0797. The predicted molar refractivity (Wildman–Crippen MR) is 179 cm³/mol. The third kappa shape index (κ3) is 11.3. The number of carbonyl (C=O) groups excluding carboxylic acids is 3. The van der Waals surface area contributed by atoms with Crippen LogP contribution in [0, 0.1) is 0 Å². The second-order valence-corrected chi connectivity index (χ2v) is 13.8. The first-order chi connectivity index (χ1) is 20.6. The average Bonchev–Trinajstić information content (AvgIpc) is 2.98. The van der Waals surface area contributed by atoms with Gasteiger partial charge in [-0.3, -0.25) is 14.4 Å². The number of thioether (sulfide) groups is 3. The topological polar surface area (TPSA) is 78.9 Å². The molecule has 0 aromatic heterocycles. The highest BCUT2D eigenvalue weighted by molar-refractivity contribution is 8.14. The van der Waals surface area contributed by atoms with Crippen molar-refractivity contribution in [1.29, 1.82) is 0 Å². The monoisotopic (exact) mass is 640 g/mol. The van der Waals surface area contributed by atoms with Crippen LogP contribution in [0.15, 0.2) is 72.8 Å². The fourth-order valence-electron chi connectivity index (χ4n) is 4.38. The van der Waals surface area contributed by atoms with Gasteiger partial charge in [-0.2, -0.15) is 0 Å². The smallest absolute Gasteiger partial charge is 0.189 e. The van der Waals surface area contributed by atoms with E-state index in [1.165, 1.54) is 35.3 Å². The number of carbonyl (C=O) groups is 3. The molecule has 3 unspecified atom stereocenters. The molecule has 3 rings (SSSR count). The maximum atomic E-state index is 11.6. The lowest BCUT2D eigenvalue weighted by atomic mass is 9.85. The highest BCUT2D eigenvalue weighted by Crippen LogP contribution is 2.36. The fraction of sp³-hybridized carbons (Fsp3) is 0.382. The minimum absolute atomic E-state index is 0.0266. The molecule has 3 aromatic carbocycles. The molecule has 230 valence electrons. The van der Waals surface area contributed by atoms with E-state index in [0.717, 1.165) is 16.7 Å². The van der Waals surface area contributed by atoms with Gasteiger partial charge < -0.3 is 14.2 Å². The van der Waals surface area contributed by atoms with Crippen LogP contribution in [0.3, 0.4) is 0 Å². The third-order valence-electron chi connectivity index (χ3n) is 6.34. The van der Waals surface area contributed by atoms with E-state index in [1.807, 2.05) is 93.6 Å². The lowest BCUT2D eigenvalue weighted by Crippen LogP contribution is -2.13. The summed E-state index contributed by atoms with van der Waals surface area (Å²) in [6.45, 7) is 10.6. The van der Waals surface area contributed by atoms with Crippen molar-refractivity contribution in [2.24, 2.45) is 0 Å². The number of ether oxygens (including phenoxy) is 3. The summed E-state index contributed by atoms with van der Waals surface area (Å²) in [6.07, 6.45) is 2.14. The van der Waals surface area contributed by atoms with Crippen molar-refractivity contribution in [3.63, 3.8) is 0 Å². The molecule has 0 aliphatic rings. The summed E-state index contributed by atoms with van der Waals surface area (Å²) >= 11 is 3.58. The lowest BCUT2D eigenvalue weighted by Gasteiger charge is -2.22. The Bertz CT molecular complexity index is 1160. The average molecular weight is 641 g/mol. The highest BCUT2D eigenvalue weighted by Gasteiger charge is 2.20. The molecule has 43 heavy (non-hydrogen) atoms. The molecule has 0 saturated carbocycles. The highest BCUT2D eigenvalue weighted by atomic mass is 32.2. The van der Waals surface area contributed by atoms with E-state index in [0.29, 0.717) is 36.5 Å². The second-order valence-electron chi connectivity index (χ2n) is 9.84. The molecule has 3 atom stereocenters. The van der Waals surface area contributed by atoms with Crippen molar-refractivity contribution < 1.29 is 28.6 Å². The van der Waals surface area contributed by atoms with Crippen LogP contribution in [-0.2, 0) is 14.4 Å². The summed E-state index contributed by atoms with van der Waals surface area (Å²) < 4.78 is 18.2. The van der Waals surface area contributed by atoms with Gasteiger partial charge in [0.25, 0.3) is 0 Å². The minimum atomic E-state index is -0.236. The second kappa shape index (κ2) is 17.4. The Morgan fingerprint density at radius 3 is 0.907 bits per heavy atom. The van der Waals surface area contributed by atoms with Crippen molar-refractivity contribution in [2.45, 2.75) is 83.0 Å². The van der Waals surface area contributed by atoms with Crippen molar-refractivity contribution >= 4 is 50.6 Å². The van der Waals surface area contributed by atoms with E-state index in [2.05, 4.69) is 0 Å². The van der Waals surface area contributed by atoms with E-state index in [-0.39, 0.29) is 37.6 Å². The van der Waals surface area contributed by atoms with Crippen LogP contribution >= 0.6 is 35.3 Å². The van der Waals surface area contributed by atoms with Gasteiger partial charge in [-0.05, 0) is 108 Å². The Morgan fingerprint density at radius 1 is 0.488 bits per heavy atom. The molecule has 3 aromatic rings. The van der Waals surface area contributed by atoms with Gasteiger partial charge in [0.05, 0.1) is 0 Å². The standard InChI is InChI=1S/C34H40O6S3/c1-7-31(41-22(4)35)38-28-16-10-25(11-17-28)34(26-12-18-29(19-13-26)39-32(8-2)42-23(5)36)27-14-20-30(21-15-27)40-33(9-3)43-24(6)37/h10-21,31-34H,7-9H2,1-6H3. The zero-order chi connectivity index (χ0) is 31.4. The van der Waals surface area contributed by atoms with Crippen LogP contribution in [-0.4, -0.2) is 31.7 Å². The van der Waals surface area contributed by atoms with E-state index in [9.17, 15) is 14.4 Å². The van der Waals surface area contributed by atoms with Crippen molar-refractivity contribution in [1.82, 2.24) is 0 Å². The Balaban J connectivity index is 1.91. The molecule has 6 nitrogen and oxygen atoms in total. The Morgan fingerprint density at radius 2 is 0.721 bits per heavy atom. The first-order valence-electron chi connectivity index (χ1n) is 14.4. The largest absolute Gasteiger partial charge is 0.479 e. The summed E-state index contributed by atoms with van der Waals surface area (Å²) in [5.41, 5.74) is 2.50. The molecule has 0 aliphatic carbocycles. The molecule has 9 heteroatoms. The van der Waals surface area contributed by atoms with Gasteiger partial charge in [-0.15, -0.1) is 0 Å². The van der Waals surface area contributed by atoms with Crippen LogP contribution in [0.2, 0.25) is 0 Å². The van der Waals surface area contributed by atoms with Crippen LogP contribution in [0.25, 0.3) is 0 Å². The van der Waals surface area contributed by atoms with Crippen LogP contribution in [0.4, 0.5) is 0 Å². The fourth-order valence-corrected chi connectivity index (χ4v) is 6.47. The molecular formula is C34H40O6S3. The van der Waals surface area contributed by atoms with Gasteiger partial charge in [0.1, 0.15) is 17.2 Å². The zero-order valence-corrected chi connectivity index (χ0v) is 28.0. The van der Waals surface area contributed by atoms with Crippen LogP contribution in [0.5, 0.6) is 17.2 Å². The van der Waals surface area contributed by atoms with Crippen molar-refractivity contribution in [3.8, 4) is 17.2 Å². The number of hydrogen-bond acceptors (Lipinski definition) is 9. The number of benzene rings is 3. The maximum Gasteiger partial charge on any atom is 0.189 e. The predicted octanol–water partition coefficient (Wildman–Crippen LogP) is 9.05.